The van der Waals surface area contributed by atoms with Gasteiger partial charge in [0, 0.05) is 5.56 Å². The summed E-state index contributed by atoms with van der Waals surface area (Å²) in [4.78, 5) is 24.8. The van der Waals surface area contributed by atoms with Crippen LogP contribution < -0.4 is 25.6 Å². The second kappa shape index (κ2) is 12.3. The van der Waals surface area contributed by atoms with Crippen LogP contribution in [0.5, 0.6) is 11.5 Å². The first-order chi connectivity index (χ1) is 14.9. The first-order valence-electron chi connectivity index (χ1n) is 9.88. The van der Waals surface area contributed by atoms with E-state index in [1.807, 2.05) is 0 Å². The van der Waals surface area contributed by atoms with Gasteiger partial charge in [0.05, 0.1) is 12.2 Å². The Morgan fingerprint density at radius 1 is 1.03 bits per heavy atom. The number of amides is 2. The Kier molecular flexibility index (Phi) is 9.51. The van der Waals surface area contributed by atoms with Crippen LogP contribution in [0.2, 0.25) is 0 Å². The number of carbonyl (C=O) groups is 2. The molecule has 0 heterocycles. The minimum atomic E-state index is -0.435. The number of benzene rings is 2. The first-order valence-corrected chi connectivity index (χ1v) is 10.3. The zero-order valence-electron chi connectivity index (χ0n) is 17.6. The van der Waals surface area contributed by atoms with E-state index < -0.39 is 11.8 Å². The summed E-state index contributed by atoms with van der Waals surface area (Å²) in [6, 6.07) is 13.5. The largest absolute Gasteiger partial charge is 0.493 e. The number of carbonyl (C=O) groups excluding carboxylic acids is 2. The molecule has 2 rings (SSSR count). The predicted molar refractivity (Wildman–Crippen MR) is 124 cm³/mol. The van der Waals surface area contributed by atoms with Gasteiger partial charge in [0.2, 0.25) is 0 Å². The van der Waals surface area contributed by atoms with Crippen molar-refractivity contribution in [1.29, 1.82) is 0 Å². The summed E-state index contributed by atoms with van der Waals surface area (Å²) in [5.41, 5.74) is 5.73. The molecule has 0 aliphatic heterocycles. The van der Waals surface area contributed by atoms with E-state index in [-0.39, 0.29) is 5.11 Å². The molecule has 0 aromatic heterocycles. The standard InChI is InChI=1S/C23H27N3O4S/c1-4-14-29-18-11-9-17(10-12-18)21(27)25-26-23(31)24-22(28)19-7-5-6-8-20(19)30-15-13-16(2)3/h4-12,16H,1,13-15H2,2-3H3,(H,25,27)(H2,24,26,28,31). The van der Waals surface area contributed by atoms with E-state index in [2.05, 4.69) is 36.6 Å². The molecule has 2 aromatic rings. The van der Waals surface area contributed by atoms with Crippen molar-refractivity contribution in [3.63, 3.8) is 0 Å². The predicted octanol–water partition coefficient (Wildman–Crippen LogP) is 3.63. The topological polar surface area (TPSA) is 88.7 Å². The van der Waals surface area contributed by atoms with Crippen LogP contribution in [0, 0.1) is 5.92 Å². The number of hydrogen-bond donors (Lipinski definition) is 3. The van der Waals surface area contributed by atoms with Crippen LogP contribution in [0.15, 0.2) is 61.2 Å². The molecule has 2 amide bonds. The average molecular weight is 442 g/mol. The summed E-state index contributed by atoms with van der Waals surface area (Å²) in [5, 5.41) is 2.49. The molecule has 0 atom stereocenters. The Labute approximate surface area is 187 Å². The lowest BCUT2D eigenvalue weighted by atomic mass is 10.1. The molecule has 0 unspecified atom stereocenters. The van der Waals surface area contributed by atoms with Crippen molar-refractivity contribution in [3.05, 3.63) is 72.3 Å². The number of hydrogen-bond acceptors (Lipinski definition) is 5. The van der Waals surface area contributed by atoms with E-state index in [4.69, 9.17) is 21.7 Å². The maximum atomic E-state index is 12.6. The molecule has 0 aliphatic carbocycles. The van der Waals surface area contributed by atoms with Crippen molar-refractivity contribution in [2.24, 2.45) is 5.92 Å². The highest BCUT2D eigenvalue weighted by Crippen LogP contribution is 2.18. The lowest BCUT2D eigenvalue weighted by Gasteiger charge is -2.14. The van der Waals surface area contributed by atoms with Crippen LogP contribution in [-0.4, -0.2) is 30.1 Å². The van der Waals surface area contributed by atoms with Crippen molar-refractivity contribution in [2.45, 2.75) is 20.3 Å². The molecule has 7 nitrogen and oxygen atoms in total. The van der Waals surface area contributed by atoms with Crippen molar-refractivity contribution >= 4 is 29.1 Å². The van der Waals surface area contributed by atoms with Crippen LogP contribution in [-0.2, 0) is 0 Å². The van der Waals surface area contributed by atoms with E-state index in [0.29, 0.717) is 41.8 Å². The van der Waals surface area contributed by atoms with Gasteiger partial charge in [-0.15, -0.1) is 0 Å². The van der Waals surface area contributed by atoms with Crippen molar-refractivity contribution in [2.75, 3.05) is 13.2 Å². The molecule has 3 N–H and O–H groups in total. The van der Waals surface area contributed by atoms with Gasteiger partial charge in [0.25, 0.3) is 11.8 Å². The third-order valence-corrected chi connectivity index (χ3v) is 4.29. The molecule has 0 fully saturated rings. The summed E-state index contributed by atoms with van der Waals surface area (Å²) in [6.45, 7) is 8.68. The number of rotatable bonds is 9. The van der Waals surface area contributed by atoms with Crippen LogP contribution in [0.25, 0.3) is 0 Å². The number of nitrogens with one attached hydrogen (secondary N) is 3. The van der Waals surface area contributed by atoms with Crippen molar-refractivity contribution in [1.82, 2.24) is 16.2 Å². The summed E-state index contributed by atoms with van der Waals surface area (Å²) in [7, 11) is 0. The Morgan fingerprint density at radius 2 is 1.74 bits per heavy atom. The number of thiocarbonyl (C=S) groups is 1. The van der Waals surface area contributed by atoms with Crippen LogP contribution in [0.4, 0.5) is 0 Å². The monoisotopic (exact) mass is 441 g/mol. The maximum absolute atomic E-state index is 12.6. The summed E-state index contributed by atoms with van der Waals surface area (Å²) >= 11 is 5.10. The van der Waals surface area contributed by atoms with Gasteiger partial charge in [0.1, 0.15) is 18.1 Å². The molecular formula is C23H27N3O4S. The van der Waals surface area contributed by atoms with E-state index in [9.17, 15) is 9.59 Å². The number of hydrazine groups is 1. The minimum Gasteiger partial charge on any atom is -0.493 e. The molecular weight excluding hydrogens is 414 g/mol. The summed E-state index contributed by atoms with van der Waals surface area (Å²) in [6.07, 6.45) is 2.51. The summed E-state index contributed by atoms with van der Waals surface area (Å²) < 4.78 is 11.1. The van der Waals surface area contributed by atoms with E-state index in [1.54, 1.807) is 54.6 Å². The third-order valence-electron chi connectivity index (χ3n) is 4.09. The quantitative estimate of drug-likeness (QED) is 0.313. The van der Waals surface area contributed by atoms with Gasteiger partial charge in [-0.1, -0.05) is 38.6 Å². The molecule has 2 aromatic carbocycles. The molecule has 0 spiro atoms. The highest BCUT2D eigenvalue weighted by atomic mass is 32.1. The van der Waals surface area contributed by atoms with Gasteiger partial charge >= 0.3 is 0 Å². The van der Waals surface area contributed by atoms with Gasteiger partial charge in [0.15, 0.2) is 5.11 Å². The Hall–Kier alpha value is -3.39. The Bertz CT molecular complexity index is 913. The fraction of sp³-hybridized carbons (Fsp3) is 0.261. The number of ether oxygens (including phenoxy) is 2. The lowest BCUT2D eigenvalue weighted by Crippen LogP contribution is -2.48. The van der Waals surface area contributed by atoms with Crippen LogP contribution in [0.1, 0.15) is 41.0 Å². The lowest BCUT2D eigenvalue weighted by molar-refractivity contribution is 0.0933. The van der Waals surface area contributed by atoms with Crippen LogP contribution in [0.3, 0.4) is 0 Å². The first kappa shape index (κ1) is 23.9. The molecule has 31 heavy (non-hydrogen) atoms. The fourth-order valence-electron chi connectivity index (χ4n) is 2.43. The highest BCUT2D eigenvalue weighted by Gasteiger charge is 2.14. The minimum absolute atomic E-state index is 0.0405. The van der Waals surface area contributed by atoms with Gasteiger partial charge < -0.3 is 9.47 Å². The number of para-hydroxylation sites is 1. The molecule has 0 saturated carbocycles. The highest BCUT2D eigenvalue weighted by molar-refractivity contribution is 7.80. The van der Waals surface area contributed by atoms with E-state index in [0.717, 1.165) is 6.42 Å². The fourth-order valence-corrected chi connectivity index (χ4v) is 2.57. The summed E-state index contributed by atoms with van der Waals surface area (Å²) in [5.74, 6) is 0.755. The third kappa shape index (κ3) is 8.10. The SMILES string of the molecule is C=CCOc1ccc(C(=O)NNC(=S)NC(=O)c2ccccc2OCCC(C)C)cc1. The second-order valence-electron chi connectivity index (χ2n) is 7.01. The van der Waals surface area contributed by atoms with Crippen LogP contribution >= 0.6 is 12.2 Å². The Balaban J connectivity index is 1.86. The molecule has 0 aliphatic rings. The maximum Gasteiger partial charge on any atom is 0.269 e. The average Bonchev–Trinajstić information content (AvgIpc) is 2.76. The molecule has 0 bridgehead atoms. The molecule has 8 heteroatoms. The molecule has 0 radical (unpaired) electrons. The van der Waals surface area contributed by atoms with Gasteiger partial charge in [-0.2, -0.15) is 0 Å². The second-order valence-corrected chi connectivity index (χ2v) is 7.42. The smallest absolute Gasteiger partial charge is 0.269 e. The van der Waals surface area contributed by atoms with Crippen molar-refractivity contribution < 1.29 is 19.1 Å². The van der Waals surface area contributed by atoms with E-state index in [1.165, 1.54) is 0 Å². The van der Waals surface area contributed by atoms with Crippen molar-refractivity contribution in [3.8, 4) is 11.5 Å². The zero-order valence-corrected chi connectivity index (χ0v) is 18.5. The molecule has 0 saturated heterocycles. The zero-order chi connectivity index (χ0) is 22.6. The van der Waals surface area contributed by atoms with E-state index >= 15 is 0 Å². The van der Waals surface area contributed by atoms with Gasteiger partial charge in [-0.3, -0.25) is 25.8 Å². The Morgan fingerprint density at radius 3 is 2.42 bits per heavy atom. The van der Waals surface area contributed by atoms with Gasteiger partial charge in [-0.05, 0) is 61.0 Å². The van der Waals surface area contributed by atoms with Gasteiger partial charge in [-0.25, -0.2) is 0 Å². The molecule has 164 valence electrons. The normalized spacial score (nSPS) is 10.2.